The highest BCUT2D eigenvalue weighted by Gasteiger charge is 2.20. The Morgan fingerprint density at radius 2 is 2.14 bits per heavy atom. The van der Waals surface area contributed by atoms with E-state index < -0.39 is 23.4 Å². The molecule has 0 spiro atoms. The van der Waals surface area contributed by atoms with Crippen molar-refractivity contribution in [1.29, 1.82) is 0 Å². The van der Waals surface area contributed by atoms with Gasteiger partial charge in [0, 0.05) is 12.4 Å². The van der Waals surface area contributed by atoms with E-state index in [0.717, 1.165) is 0 Å². The maximum atomic E-state index is 10.9. The van der Waals surface area contributed by atoms with Crippen LogP contribution in [0.3, 0.4) is 0 Å². The Kier molecular flexibility index (Phi) is 3.69. The quantitative estimate of drug-likeness (QED) is 0.676. The maximum absolute atomic E-state index is 10.9. The van der Waals surface area contributed by atoms with Crippen LogP contribution in [0, 0.1) is 0 Å². The second-order valence-electron chi connectivity index (χ2n) is 2.38. The zero-order valence-corrected chi connectivity index (χ0v) is 7.81. The minimum Gasteiger partial charge on any atom is -0.367 e. The summed E-state index contributed by atoms with van der Waals surface area (Å²) in [6.07, 6.45) is 1.62. The summed E-state index contributed by atoms with van der Waals surface area (Å²) in [6.45, 7) is 0. The van der Waals surface area contributed by atoms with Gasteiger partial charge in [-0.05, 0) is 17.7 Å². The van der Waals surface area contributed by atoms with Gasteiger partial charge in [0.25, 0.3) is 5.91 Å². The molecular weight excluding hydrogens is 208 g/mol. The third-order valence-electron chi connectivity index (χ3n) is 1.45. The van der Waals surface area contributed by atoms with Crippen LogP contribution in [-0.2, 0) is 20.3 Å². The van der Waals surface area contributed by atoms with E-state index in [1.54, 1.807) is 0 Å². The second-order valence-corrected chi connectivity index (χ2v) is 3.00. The van der Waals surface area contributed by atoms with E-state index in [4.69, 9.17) is 10.3 Å². The average molecular weight is 216 g/mol. The van der Waals surface area contributed by atoms with Crippen molar-refractivity contribution >= 4 is 17.3 Å². The van der Waals surface area contributed by atoms with Crippen LogP contribution in [0.2, 0.25) is 0 Å². The van der Waals surface area contributed by atoms with Crippen LogP contribution in [-0.4, -0.2) is 19.7 Å². The number of hydrogen-bond donors (Lipinski definition) is 2. The van der Waals surface area contributed by atoms with Gasteiger partial charge >= 0.3 is 11.4 Å². The van der Waals surface area contributed by atoms with Gasteiger partial charge in [0.15, 0.2) is 6.10 Å². The molecule has 1 aromatic rings. The van der Waals surface area contributed by atoms with Gasteiger partial charge in [0.2, 0.25) is 0 Å². The molecule has 14 heavy (non-hydrogen) atoms. The average Bonchev–Trinajstić information content (AvgIpc) is 2.15. The summed E-state index contributed by atoms with van der Waals surface area (Å²) in [5, 5.41) is 0. The molecule has 2 unspecified atom stereocenters. The lowest BCUT2D eigenvalue weighted by molar-refractivity contribution is -0.124. The number of carbonyl (C=O) groups excluding carboxylic acids is 1. The minimum absolute atomic E-state index is 0.384. The summed E-state index contributed by atoms with van der Waals surface area (Å²) in [4.78, 5) is 14.6. The zero-order chi connectivity index (χ0) is 10.6. The number of aromatic nitrogens is 1. The molecule has 1 rings (SSSR count). The Hall–Kier alpha value is -1.31. The van der Waals surface area contributed by atoms with Crippen LogP contribution in [0.4, 0.5) is 0 Å². The van der Waals surface area contributed by atoms with E-state index in [2.05, 4.69) is 9.17 Å². The largest absolute Gasteiger partial charge is 0.367 e. The first-order valence-corrected chi connectivity index (χ1v) is 4.61. The first-order chi connectivity index (χ1) is 6.61. The maximum Gasteiger partial charge on any atom is 0.303 e. The molecule has 0 radical (unpaired) electrons. The summed E-state index contributed by atoms with van der Waals surface area (Å²) in [6, 6.07) is 2.95. The van der Waals surface area contributed by atoms with E-state index in [-0.39, 0.29) is 0 Å². The molecule has 0 saturated heterocycles. The second kappa shape index (κ2) is 4.80. The van der Waals surface area contributed by atoms with Gasteiger partial charge < -0.3 is 5.73 Å². The fraction of sp³-hybridized carbons (Fsp3) is 0.143. The molecule has 1 heterocycles. The van der Waals surface area contributed by atoms with Crippen molar-refractivity contribution in [2.75, 3.05) is 0 Å². The molecule has 0 saturated carbocycles. The molecule has 6 nitrogen and oxygen atoms in total. The smallest absolute Gasteiger partial charge is 0.303 e. The van der Waals surface area contributed by atoms with Gasteiger partial charge in [-0.25, -0.2) is 0 Å². The standard InChI is InChI=1S/C7H8N2O4S/c8-7(10)6(13-14(11)12)5-1-3-9-4-2-5/h1-4,6H,(H2,8,10)(H,11,12). The molecule has 0 aromatic carbocycles. The molecule has 0 fully saturated rings. The first kappa shape index (κ1) is 10.8. The summed E-state index contributed by atoms with van der Waals surface area (Å²) >= 11 is -2.54. The molecule has 0 aliphatic rings. The SMILES string of the molecule is NC(=O)C(OS(=O)O)c1ccncc1. The van der Waals surface area contributed by atoms with Crippen molar-refractivity contribution in [3.8, 4) is 0 Å². The molecule has 1 amide bonds. The fourth-order valence-electron chi connectivity index (χ4n) is 0.888. The van der Waals surface area contributed by atoms with Crippen LogP contribution in [0.15, 0.2) is 24.5 Å². The summed E-state index contributed by atoms with van der Waals surface area (Å²) in [5.74, 6) is -0.835. The van der Waals surface area contributed by atoms with Crippen LogP contribution in [0.5, 0.6) is 0 Å². The van der Waals surface area contributed by atoms with Gasteiger partial charge in [0.1, 0.15) is 0 Å². The number of rotatable bonds is 4. The van der Waals surface area contributed by atoms with Gasteiger partial charge in [0.05, 0.1) is 0 Å². The number of nitrogens with zero attached hydrogens (tertiary/aromatic N) is 1. The highest BCUT2D eigenvalue weighted by Crippen LogP contribution is 2.16. The molecule has 0 aliphatic heterocycles. The van der Waals surface area contributed by atoms with Gasteiger partial charge in [-0.2, -0.15) is 4.21 Å². The summed E-state index contributed by atoms with van der Waals surface area (Å²) < 4.78 is 23.2. The lowest BCUT2D eigenvalue weighted by atomic mass is 10.1. The number of pyridine rings is 1. The Morgan fingerprint density at radius 3 is 2.57 bits per heavy atom. The molecular formula is C7H8N2O4S. The number of hydrogen-bond acceptors (Lipinski definition) is 4. The van der Waals surface area contributed by atoms with Crippen molar-refractivity contribution in [1.82, 2.24) is 4.98 Å². The molecule has 0 aliphatic carbocycles. The lowest BCUT2D eigenvalue weighted by Crippen LogP contribution is -2.24. The Morgan fingerprint density at radius 1 is 1.57 bits per heavy atom. The molecule has 0 bridgehead atoms. The lowest BCUT2D eigenvalue weighted by Gasteiger charge is -2.10. The molecule has 1 aromatic heterocycles. The van der Waals surface area contributed by atoms with Gasteiger partial charge in [-0.15, -0.1) is 0 Å². The van der Waals surface area contributed by atoms with Crippen molar-refractivity contribution in [2.45, 2.75) is 6.10 Å². The van der Waals surface area contributed by atoms with Crippen molar-refractivity contribution in [2.24, 2.45) is 5.73 Å². The minimum atomic E-state index is -2.54. The van der Waals surface area contributed by atoms with Crippen LogP contribution >= 0.6 is 0 Å². The Bertz CT molecular complexity index is 343. The number of carbonyl (C=O) groups is 1. The molecule has 2 atom stereocenters. The molecule has 7 heteroatoms. The third kappa shape index (κ3) is 2.87. The van der Waals surface area contributed by atoms with E-state index in [1.807, 2.05) is 0 Å². The zero-order valence-electron chi connectivity index (χ0n) is 6.99. The fourth-order valence-corrected chi connectivity index (χ4v) is 1.26. The van der Waals surface area contributed by atoms with Crippen molar-refractivity contribution in [3.05, 3.63) is 30.1 Å². The van der Waals surface area contributed by atoms with Gasteiger partial charge in [-0.1, -0.05) is 0 Å². The topological polar surface area (TPSA) is 103 Å². The number of amides is 1. The van der Waals surface area contributed by atoms with Crippen LogP contribution in [0.25, 0.3) is 0 Å². The summed E-state index contributed by atoms with van der Waals surface area (Å²) in [7, 11) is 0. The predicted molar refractivity (Wildman–Crippen MR) is 48.0 cm³/mol. The molecule has 3 N–H and O–H groups in total. The number of primary amides is 1. The van der Waals surface area contributed by atoms with E-state index in [1.165, 1.54) is 24.5 Å². The van der Waals surface area contributed by atoms with E-state index in [0.29, 0.717) is 5.56 Å². The number of nitrogens with two attached hydrogens (primary N) is 1. The molecule has 76 valence electrons. The predicted octanol–water partition coefficient (Wildman–Crippen LogP) is -0.239. The third-order valence-corrected chi connectivity index (χ3v) is 1.80. The van der Waals surface area contributed by atoms with E-state index >= 15 is 0 Å². The van der Waals surface area contributed by atoms with E-state index in [9.17, 15) is 9.00 Å². The highest BCUT2D eigenvalue weighted by atomic mass is 32.2. The van der Waals surface area contributed by atoms with Crippen LogP contribution < -0.4 is 5.73 Å². The monoisotopic (exact) mass is 216 g/mol. The first-order valence-electron chi connectivity index (χ1n) is 3.58. The van der Waals surface area contributed by atoms with Crippen molar-refractivity contribution < 1.29 is 17.7 Å². The highest BCUT2D eigenvalue weighted by molar-refractivity contribution is 7.74. The Labute approximate surface area is 82.6 Å². The van der Waals surface area contributed by atoms with Gasteiger partial charge in [-0.3, -0.25) is 18.5 Å². The van der Waals surface area contributed by atoms with Crippen molar-refractivity contribution in [3.63, 3.8) is 0 Å². The normalized spacial score (nSPS) is 14.6. The summed E-state index contributed by atoms with van der Waals surface area (Å²) in [5.41, 5.74) is 5.37. The Balaban J connectivity index is 2.89. The van der Waals surface area contributed by atoms with Crippen LogP contribution in [0.1, 0.15) is 11.7 Å².